The average Bonchev–Trinajstić information content (AvgIpc) is 2.29. The van der Waals surface area contributed by atoms with E-state index in [2.05, 4.69) is 6.92 Å². The van der Waals surface area contributed by atoms with Gasteiger partial charge in [-0.25, -0.2) is 0 Å². The van der Waals surface area contributed by atoms with Crippen LogP contribution < -0.4 is 4.74 Å². The van der Waals surface area contributed by atoms with Crippen molar-refractivity contribution in [3.8, 4) is 17.9 Å². The van der Waals surface area contributed by atoms with Crippen molar-refractivity contribution in [1.29, 1.82) is 10.5 Å². The van der Waals surface area contributed by atoms with Gasteiger partial charge < -0.3 is 4.74 Å². The SMILES string of the molecule is CCCCOc1ccc(C#N)c(C#N)c1. The van der Waals surface area contributed by atoms with Crippen LogP contribution in [0.1, 0.15) is 30.9 Å². The van der Waals surface area contributed by atoms with Crippen molar-refractivity contribution in [3.05, 3.63) is 29.3 Å². The predicted octanol–water partition coefficient (Wildman–Crippen LogP) is 2.61. The van der Waals surface area contributed by atoms with Gasteiger partial charge in [0.25, 0.3) is 0 Å². The first kappa shape index (κ1) is 11.1. The van der Waals surface area contributed by atoms with E-state index in [1.807, 2.05) is 12.1 Å². The van der Waals surface area contributed by atoms with Gasteiger partial charge in [-0.2, -0.15) is 10.5 Å². The zero-order chi connectivity index (χ0) is 11.1. The molecule has 76 valence electrons. The van der Waals surface area contributed by atoms with Crippen molar-refractivity contribution >= 4 is 0 Å². The molecule has 0 heterocycles. The summed E-state index contributed by atoms with van der Waals surface area (Å²) in [7, 11) is 0. The van der Waals surface area contributed by atoms with E-state index in [0.717, 1.165) is 12.8 Å². The normalized spacial score (nSPS) is 9.00. The lowest BCUT2D eigenvalue weighted by atomic mass is 10.1. The van der Waals surface area contributed by atoms with Crippen molar-refractivity contribution in [2.24, 2.45) is 0 Å². The Bertz CT molecular complexity index is 413. The second kappa shape index (κ2) is 5.67. The maximum Gasteiger partial charge on any atom is 0.120 e. The van der Waals surface area contributed by atoms with Gasteiger partial charge in [-0.3, -0.25) is 0 Å². The van der Waals surface area contributed by atoms with E-state index in [9.17, 15) is 0 Å². The first-order valence-corrected chi connectivity index (χ1v) is 4.89. The number of hydrogen-bond acceptors (Lipinski definition) is 3. The first-order chi connectivity index (χ1) is 7.31. The van der Waals surface area contributed by atoms with Crippen LogP contribution >= 0.6 is 0 Å². The summed E-state index contributed by atoms with van der Waals surface area (Å²) in [4.78, 5) is 0. The Hall–Kier alpha value is -2.00. The molecule has 0 aliphatic heterocycles. The van der Waals surface area contributed by atoms with Gasteiger partial charge in [-0.1, -0.05) is 13.3 Å². The van der Waals surface area contributed by atoms with E-state index < -0.39 is 0 Å². The van der Waals surface area contributed by atoms with E-state index in [0.29, 0.717) is 23.5 Å². The van der Waals surface area contributed by atoms with Gasteiger partial charge in [0.2, 0.25) is 0 Å². The molecule has 0 atom stereocenters. The lowest BCUT2D eigenvalue weighted by Crippen LogP contribution is -1.97. The predicted molar refractivity (Wildman–Crippen MR) is 56.3 cm³/mol. The molecule has 0 saturated heterocycles. The minimum Gasteiger partial charge on any atom is -0.494 e. The Morgan fingerprint density at radius 3 is 2.53 bits per heavy atom. The molecule has 0 radical (unpaired) electrons. The van der Waals surface area contributed by atoms with Gasteiger partial charge in [0.05, 0.1) is 17.7 Å². The molecule has 0 N–H and O–H groups in total. The Kier molecular flexibility index (Phi) is 4.19. The molecule has 0 aromatic heterocycles. The van der Waals surface area contributed by atoms with Crippen LogP contribution in [0.25, 0.3) is 0 Å². The molecule has 15 heavy (non-hydrogen) atoms. The molecular weight excluding hydrogens is 188 g/mol. The summed E-state index contributed by atoms with van der Waals surface area (Å²) in [5.74, 6) is 0.652. The lowest BCUT2D eigenvalue weighted by molar-refractivity contribution is 0.309. The molecule has 0 amide bonds. The number of nitriles is 2. The van der Waals surface area contributed by atoms with E-state index >= 15 is 0 Å². The maximum absolute atomic E-state index is 8.79. The highest BCUT2D eigenvalue weighted by atomic mass is 16.5. The fraction of sp³-hybridized carbons (Fsp3) is 0.333. The van der Waals surface area contributed by atoms with Gasteiger partial charge in [0.15, 0.2) is 0 Å². The zero-order valence-electron chi connectivity index (χ0n) is 8.66. The molecular formula is C12H12N2O. The summed E-state index contributed by atoms with van der Waals surface area (Å²) in [6.07, 6.45) is 2.06. The quantitative estimate of drug-likeness (QED) is 0.702. The number of benzene rings is 1. The van der Waals surface area contributed by atoms with E-state index in [4.69, 9.17) is 15.3 Å². The largest absolute Gasteiger partial charge is 0.494 e. The third kappa shape index (κ3) is 3.00. The number of unbranched alkanes of at least 4 members (excludes halogenated alkanes) is 1. The minimum absolute atomic E-state index is 0.367. The molecule has 0 bridgehead atoms. The molecule has 1 rings (SSSR count). The minimum atomic E-state index is 0.367. The average molecular weight is 200 g/mol. The Morgan fingerprint density at radius 2 is 1.93 bits per heavy atom. The van der Waals surface area contributed by atoms with Crippen molar-refractivity contribution < 1.29 is 4.74 Å². The molecule has 1 aromatic rings. The third-order valence-electron chi connectivity index (χ3n) is 2.00. The highest BCUT2D eigenvalue weighted by Crippen LogP contribution is 2.16. The molecule has 0 spiro atoms. The lowest BCUT2D eigenvalue weighted by Gasteiger charge is -2.05. The second-order valence-electron chi connectivity index (χ2n) is 3.13. The summed E-state index contributed by atoms with van der Waals surface area (Å²) in [6.45, 7) is 2.73. The van der Waals surface area contributed by atoms with Crippen molar-refractivity contribution in [3.63, 3.8) is 0 Å². The molecule has 0 aliphatic rings. The number of hydrogen-bond donors (Lipinski definition) is 0. The smallest absolute Gasteiger partial charge is 0.120 e. The number of ether oxygens (including phenoxy) is 1. The second-order valence-corrected chi connectivity index (χ2v) is 3.13. The van der Waals surface area contributed by atoms with Gasteiger partial charge in [-0.15, -0.1) is 0 Å². The first-order valence-electron chi connectivity index (χ1n) is 4.89. The van der Waals surface area contributed by atoms with Crippen LogP contribution in [0.2, 0.25) is 0 Å². The molecule has 1 aromatic carbocycles. The number of nitrogens with zero attached hydrogens (tertiary/aromatic N) is 2. The van der Waals surface area contributed by atoms with Crippen LogP contribution in [-0.2, 0) is 0 Å². The summed E-state index contributed by atoms with van der Waals surface area (Å²) in [6, 6.07) is 8.87. The third-order valence-corrected chi connectivity index (χ3v) is 2.00. The summed E-state index contributed by atoms with van der Waals surface area (Å²) >= 11 is 0. The van der Waals surface area contributed by atoms with Crippen molar-refractivity contribution in [2.75, 3.05) is 6.61 Å². The van der Waals surface area contributed by atoms with Crippen LogP contribution in [0.3, 0.4) is 0 Å². The Labute approximate surface area is 89.5 Å². The van der Waals surface area contributed by atoms with Crippen LogP contribution in [0, 0.1) is 22.7 Å². The van der Waals surface area contributed by atoms with Crippen LogP contribution in [0.15, 0.2) is 18.2 Å². The highest BCUT2D eigenvalue weighted by Gasteiger charge is 2.02. The molecule has 0 fully saturated rings. The standard InChI is InChI=1S/C12H12N2O/c1-2-3-6-15-12-5-4-10(8-13)11(7-12)9-14/h4-5,7H,2-3,6H2,1H3. The molecule has 0 saturated carbocycles. The monoisotopic (exact) mass is 200 g/mol. The highest BCUT2D eigenvalue weighted by molar-refractivity contribution is 5.49. The van der Waals surface area contributed by atoms with E-state index in [1.165, 1.54) is 0 Å². The summed E-state index contributed by atoms with van der Waals surface area (Å²) in [5, 5.41) is 17.5. The zero-order valence-corrected chi connectivity index (χ0v) is 8.66. The van der Waals surface area contributed by atoms with Gasteiger partial charge >= 0.3 is 0 Å². The molecule has 3 heteroatoms. The van der Waals surface area contributed by atoms with Gasteiger partial charge in [0.1, 0.15) is 17.9 Å². The Balaban J connectivity index is 2.77. The summed E-state index contributed by atoms with van der Waals surface area (Å²) < 4.78 is 5.43. The van der Waals surface area contributed by atoms with Crippen LogP contribution in [0.5, 0.6) is 5.75 Å². The molecule has 0 aliphatic carbocycles. The van der Waals surface area contributed by atoms with Gasteiger partial charge in [-0.05, 0) is 24.6 Å². The molecule has 3 nitrogen and oxygen atoms in total. The van der Waals surface area contributed by atoms with Crippen molar-refractivity contribution in [2.45, 2.75) is 19.8 Å². The van der Waals surface area contributed by atoms with Crippen LogP contribution in [-0.4, -0.2) is 6.61 Å². The van der Waals surface area contributed by atoms with E-state index in [1.54, 1.807) is 18.2 Å². The molecule has 0 unspecified atom stereocenters. The maximum atomic E-state index is 8.79. The summed E-state index contributed by atoms with van der Waals surface area (Å²) in [5.41, 5.74) is 0.756. The fourth-order valence-electron chi connectivity index (χ4n) is 1.14. The van der Waals surface area contributed by atoms with Gasteiger partial charge in [0, 0.05) is 0 Å². The Morgan fingerprint density at radius 1 is 1.20 bits per heavy atom. The van der Waals surface area contributed by atoms with E-state index in [-0.39, 0.29) is 0 Å². The van der Waals surface area contributed by atoms with Crippen molar-refractivity contribution in [1.82, 2.24) is 0 Å². The topological polar surface area (TPSA) is 56.8 Å². The fourth-order valence-corrected chi connectivity index (χ4v) is 1.14. The van der Waals surface area contributed by atoms with Crippen LogP contribution in [0.4, 0.5) is 0 Å². The number of rotatable bonds is 4.